The van der Waals surface area contributed by atoms with Crippen LogP contribution in [0.2, 0.25) is 5.02 Å². The third kappa shape index (κ3) is 3.93. The maximum Gasteiger partial charge on any atom is 0.124 e. The SMILES string of the molecule is CC(C)CCN(C)c1ccc(C(=N)N)c(Cl)c1. The molecule has 0 fully saturated rings. The molecule has 0 aliphatic heterocycles. The number of rotatable bonds is 5. The highest BCUT2D eigenvalue weighted by Gasteiger charge is 2.07. The minimum Gasteiger partial charge on any atom is -0.384 e. The molecule has 0 radical (unpaired) electrons. The van der Waals surface area contributed by atoms with Crippen LogP contribution < -0.4 is 10.6 Å². The van der Waals surface area contributed by atoms with Crippen LogP contribution in [0.5, 0.6) is 0 Å². The van der Waals surface area contributed by atoms with Crippen LogP contribution in [0, 0.1) is 11.3 Å². The number of halogens is 1. The van der Waals surface area contributed by atoms with Crippen molar-refractivity contribution in [3.05, 3.63) is 28.8 Å². The zero-order valence-corrected chi connectivity index (χ0v) is 11.4. The van der Waals surface area contributed by atoms with Gasteiger partial charge in [0.1, 0.15) is 5.84 Å². The molecule has 3 N–H and O–H groups in total. The summed E-state index contributed by atoms with van der Waals surface area (Å²) in [7, 11) is 2.04. The lowest BCUT2D eigenvalue weighted by Crippen LogP contribution is -2.20. The Kier molecular flexibility index (Phi) is 4.82. The first-order valence-electron chi connectivity index (χ1n) is 5.77. The Hall–Kier alpha value is -1.22. The highest BCUT2D eigenvalue weighted by Crippen LogP contribution is 2.23. The molecule has 0 unspecified atom stereocenters. The molecule has 0 aliphatic carbocycles. The van der Waals surface area contributed by atoms with Gasteiger partial charge in [-0.05, 0) is 30.5 Å². The van der Waals surface area contributed by atoms with Crippen LogP contribution in [0.1, 0.15) is 25.8 Å². The minimum atomic E-state index is 0.00591. The van der Waals surface area contributed by atoms with E-state index in [4.69, 9.17) is 22.7 Å². The van der Waals surface area contributed by atoms with E-state index < -0.39 is 0 Å². The summed E-state index contributed by atoms with van der Waals surface area (Å²) >= 11 is 6.08. The number of anilines is 1. The average Bonchev–Trinajstić information content (AvgIpc) is 2.25. The lowest BCUT2D eigenvalue weighted by atomic mass is 10.1. The van der Waals surface area contributed by atoms with Crippen molar-refractivity contribution in [2.45, 2.75) is 20.3 Å². The Labute approximate surface area is 108 Å². The van der Waals surface area contributed by atoms with Gasteiger partial charge in [-0.15, -0.1) is 0 Å². The highest BCUT2D eigenvalue weighted by molar-refractivity contribution is 6.34. The zero-order valence-electron chi connectivity index (χ0n) is 10.6. The second-order valence-corrected chi connectivity index (χ2v) is 5.09. The van der Waals surface area contributed by atoms with E-state index in [0.29, 0.717) is 16.5 Å². The molecular weight excluding hydrogens is 234 g/mol. The van der Waals surface area contributed by atoms with Gasteiger partial charge in [-0.3, -0.25) is 5.41 Å². The molecule has 0 saturated heterocycles. The summed E-state index contributed by atoms with van der Waals surface area (Å²) in [6.07, 6.45) is 1.14. The molecule has 0 amide bonds. The quantitative estimate of drug-likeness (QED) is 0.626. The zero-order chi connectivity index (χ0) is 13.0. The average molecular weight is 254 g/mol. The van der Waals surface area contributed by atoms with Gasteiger partial charge in [-0.2, -0.15) is 0 Å². The van der Waals surface area contributed by atoms with Crippen molar-refractivity contribution >= 4 is 23.1 Å². The number of benzene rings is 1. The third-order valence-corrected chi connectivity index (χ3v) is 3.04. The second kappa shape index (κ2) is 5.92. The van der Waals surface area contributed by atoms with Gasteiger partial charge in [-0.1, -0.05) is 25.4 Å². The van der Waals surface area contributed by atoms with Crippen LogP contribution >= 0.6 is 11.6 Å². The van der Waals surface area contributed by atoms with E-state index in [9.17, 15) is 0 Å². The number of nitrogens with zero attached hydrogens (tertiary/aromatic N) is 1. The molecule has 1 aromatic rings. The summed E-state index contributed by atoms with van der Waals surface area (Å²) in [6, 6.07) is 5.60. The first kappa shape index (κ1) is 13.8. The monoisotopic (exact) mass is 253 g/mol. The van der Waals surface area contributed by atoms with Crippen molar-refractivity contribution in [3.63, 3.8) is 0 Å². The molecular formula is C13H20ClN3. The lowest BCUT2D eigenvalue weighted by Gasteiger charge is -2.21. The van der Waals surface area contributed by atoms with E-state index in [1.54, 1.807) is 6.07 Å². The second-order valence-electron chi connectivity index (χ2n) is 4.68. The fourth-order valence-corrected chi connectivity index (χ4v) is 1.82. The maximum absolute atomic E-state index is 7.37. The van der Waals surface area contributed by atoms with Gasteiger partial charge in [-0.25, -0.2) is 0 Å². The lowest BCUT2D eigenvalue weighted by molar-refractivity contribution is 0.585. The summed E-state index contributed by atoms with van der Waals surface area (Å²) in [5.41, 5.74) is 7.07. The first-order chi connectivity index (χ1) is 7.91. The smallest absolute Gasteiger partial charge is 0.124 e. The van der Waals surface area contributed by atoms with Crippen molar-refractivity contribution in [1.82, 2.24) is 0 Å². The van der Waals surface area contributed by atoms with Crippen molar-refractivity contribution in [3.8, 4) is 0 Å². The third-order valence-electron chi connectivity index (χ3n) is 2.73. The predicted octanol–water partition coefficient (Wildman–Crippen LogP) is 3.11. The summed E-state index contributed by atoms with van der Waals surface area (Å²) < 4.78 is 0. The molecule has 0 spiro atoms. The van der Waals surface area contributed by atoms with Gasteiger partial charge < -0.3 is 10.6 Å². The molecule has 1 rings (SSSR count). The normalized spacial score (nSPS) is 10.6. The fraction of sp³-hybridized carbons (Fsp3) is 0.462. The van der Waals surface area contributed by atoms with Crippen molar-refractivity contribution in [1.29, 1.82) is 5.41 Å². The molecule has 3 nitrogen and oxygen atoms in total. The molecule has 0 bridgehead atoms. The van der Waals surface area contributed by atoms with E-state index in [0.717, 1.165) is 18.7 Å². The number of nitrogen functional groups attached to an aromatic ring is 1. The molecule has 0 aliphatic rings. The largest absolute Gasteiger partial charge is 0.384 e. The Morgan fingerprint density at radius 2 is 2.12 bits per heavy atom. The van der Waals surface area contributed by atoms with E-state index in [1.807, 2.05) is 19.2 Å². The van der Waals surface area contributed by atoms with Crippen LogP contribution in [0.4, 0.5) is 5.69 Å². The van der Waals surface area contributed by atoms with Gasteiger partial charge in [0.05, 0.1) is 5.02 Å². The highest BCUT2D eigenvalue weighted by atomic mass is 35.5. The molecule has 94 valence electrons. The Morgan fingerprint density at radius 3 is 2.59 bits per heavy atom. The summed E-state index contributed by atoms with van der Waals surface area (Å²) in [4.78, 5) is 2.16. The summed E-state index contributed by atoms with van der Waals surface area (Å²) in [5, 5.41) is 7.90. The van der Waals surface area contributed by atoms with E-state index in [-0.39, 0.29) is 5.84 Å². The van der Waals surface area contributed by atoms with Gasteiger partial charge in [0.25, 0.3) is 0 Å². The van der Waals surface area contributed by atoms with Crippen molar-refractivity contribution in [2.24, 2.45) is 11.7 Å². The van der Waals surface area contributed by atoms with Gasteiger partial charge in [0.2, 0.25) is 0 Å². The van der Waals surface area contributed by atoms with E-state index >= 15 is 0 Å². The van der Waals surface area contributed by atoms with Crippen LogP contribution in [-0.2, 0) is 0 Å². The Morgan fingerprint density at radius 1 is 1.47 bits per heavy atom. The maximum atomic E-state index is 7.37. The van der Waals surface area contributed by atoms with Gasteiger partial charge in [0, 0.05) is 24.8 Å². The Bertz CT molecular complexity index is 402. The molecule has 17 heavy (non-hydrogen) atoms. The van der Waals surface area contributed by atoms with Gasteiger partial charge in [0.15, 0.2) is 0 Å². The molecule has 0 aromatic heterocycles. The van der Waals surface area contributed by atoms with Crippen LogP contribution in [-0.4, -0.2) is 19.4 Å². The topological polar surface area (TPSA) is 53.1 Å². The number of nitrogens with one attached hydrogen (secondary N) is 1. The number of amidine groups is 1. The van der Waals surface area contributed by atoms with Crippen molar-refractivity contribution < 1.29 is 0 Å². The molecule has 1 aromatic carbocycles. The van der Waals surface area contributed by atoms with E-state index in [1.165, 1.54) is 0 Å². The minimum absolute atomic E-state index is 0.00591. The Balaban J connectivity index is 2.79. The van der Waals surface area contributed by atoms with Crippen LogP contribution in [0.25, 0.3) is 0 Å². The summed E-state index contributed by atoms with van der Waals surface area (Å²) in [5.74, 6) is 0.691. The summed E-state index contributed by atoms with van der Waals surface area (Å²) in [6.45, 7) is 5.41. The number of hydrogen-bond donors (Lipinski definition) is 2. The van der Waals surface area contributed by atoms with Crippen LogP contribution in [0.15, 0.2) is 18.2 Å². The van der Waals surface area contributed by atoms with Gasteiger partial charge >= 0.3 is 0 Å². The van der Waals surface area contributed by atoms with Crippen LogP contribution in [0.3, 0.4) is 0 Å². The predicted molar refractivity (Wildman–Crippen MR) is 75.2 cm³/mol. The fourth-order valence-electron chi connectivity index (χ4n) is 1.54. The number of nitrogens with two attached hydrogens (primary N) is 1. The van der Waals surface area contributed by atoms with Crippen molar-refractivity contribution in [2.75, 3.05) is 18.5 Å². The molecule has 0 atom stereocenters. The number of hydrogen-bond acceptors (Lipinski definition) is 2. The first-order valence-corrected chi connectivity index (χ1v) is 6.14. The molecule has 0 heterocycles. The van der Waals surface area contributed by atoms with E-state index in [2.05, 4.69) is 18.7 Å². The standard InChI is InChI=1S/C13H20ClN3/c1-9(2)6-7-17(3)10-4-5-11(13(15)16)12(14)8-10/h4-5,8-9H,6-7H2,1-3H3,(H3,15,16). The molecule has 4 heteroatoms. The molecule has 0 saturated carbocycles.